The van der Waals surface area contributed by atoms with E-state index in [2.05, 4.69) is 25.5 Å². The number of carbonyl (C=O) groups excluding carboxylic acids is 1. The van der Waals surface area contributed by atoms with Crippen LogP contribution in [-0.2, 0) is 0 Å². The Balaban J connectivity index is 2.09. The quantitative estimate of drug-likeness (QED) is 0.582. The van der Waals surface area contributed by atoms with Gasteiger partial charge in [-0.2, -0.15) is 5.10 Å². The molecule has 0 saturated heterocycles. The number of hydrogen-bond donors (Lipinski definition) is 2. The van der Waals surface area contributed by atoms with Gasteiger partial charge in [0.2, 0.25) is 0 Å². The highest BCUT2D eigenvalue weighted by Gasteiger charge is 2.20. The highest BCUT2D eigenvalue weighted by molar-refractivity contribution is 5.94. The fraction of sp³-hybridized carbons (Fsp3) is 0.333. The summed E-state index contributed by atoms with van der Waals surface area (Å²) in [6.45, 7) is 5.49. The minimum atomic E-state index is -0.160. The van der Waals surface area contributed by atoms with Crippen molar-refractivity contribution in [2.45, 2.75) is 13.8 Å². The predicted octanol–water partition coefficient (Wildman–Crippen LogP) is 2.05. The summed E-state index contributed by atoms with van der Waals surface area (Å²) in [6, 6.07) is 13.5. The maximum absolute atomic E-state index is 13.1. The average molecular weight is 424 g/mol. The molecule has 0 bridgehead atoms. The number of aromatic nitrogens is 2. The summed E-state index contributed by atoms with van der Waals surface area (Å²) in [5.41, 5.74) is 5.00. The van der Waals surface area contributed by atoms with E-state index in [1.807, 2.05) is 50.2 Å². The molecule has 0 aliphatic rings. The molecule has 1 heterocycles. The molecule has 164 valence electrons. The van der Waals surface area contributed by atoms with E-state index in [1.54, 1.807) is 18.9 Å². The molecule has 3 aromatic rings. The number of nitrogens with one attached hydrogen (secondary N) is 2. The van der Waals surface area contributed by atoms with Gasteiger partial charge in [0.05, 0.1) is 52.8 Å². The van der Waals surface area contributed by atoms with Crippen molar-refractivity contribution in [1.29, 1.82) is 0 Å². The zero-order chi connectivity index (χ0) is 22.5. The van der Waals surface area contributed by atoms with E-state index in [4.69, 9.17) is 14.6 Å². The zero-order valence-electron chi connectivity index (χ0n) is 19.1. The van der Waals surface area contributed by atoms with Crippen molar-refractivity contribution in [2.24, 2.45) is 0 Å². The number of quaternary nitrogens is 1. The van der Waals surface area contributed by atoms with E-state index in [9.17, 15) is 4.79 Å². The van der Waals surface area contributed by atoms with E-state index in [-0.39, 0.29) is 5.91 Å². The van der Waals surface area contributed by atoms with Crippen LogP contribution in [0.2, 0.25) is 0 Å². The topological polar surface area (TPSA) is 69.8 Å². The van der Waals surface area contributed by atoms with Crippen LogP contribution in [0.5, 0.6) is 11.5 Å². The average Bonchev–Trinajstić information content (AvgIpc) is 3.17. The number of aryl methyl sites for hydroxylation is 2. The number of methoxy groups -OCH3 is 2. The molecule has 7 nitrogen and oxygen atoms in total. The van der Waals surface area contributed by atoms with Gasteiger partial charge in [-0.25, -0.2) is 4.68 Å². The minimum absolute atomic E-state index is 0.160. The van der Waals surface area contributed by atoms with Crippen LogP contribution < -0.4 is 19.7 Å². The number of carbonyl (C=O) groups is 1. The molecule has 3 rings (SSSR count). The lowest BCUT2D eigenvalue weighted by Gasteiger charge is -2.12. The molecule has 0 radical (unpaired) electrons. The summed E-state index contributed by atoms with van der Waals surface area (Å²) in [4.78, 5) is 14.3. The van der Waals surface area contributed by atoms with Crippen molar-refractivity contribution < 1.29 is 19.2 Å². The number of ether oxygens (including phenoxy) is 2. The van der Waals surface area contributed by atoms with E-state index in [0.29, 0.717) is 29.4 Å². The third kappa shape index (κ3) is 5.06. The Morgan fingerprint density at radius 2 is 1.84 bits per heavy atom. The first-order chi connectivity index (χ1) is 14.8. The van der Waals surface area contributed by atoms with Crippen LogP contribution in [-0.4, -0.2) is 57.1 Å². The first kappa shape index (κ1) is 22.4. The van der Waals surface area contributed by atoms with Gasteiger partial charge >= 0.3 is 0 Å². The Labute approximate surface area is 183 Å². The summed E-state index contributed by atoms with van der Waals surface area (Å²) >= 11 is 0. The highest BCUT2D eigenvalue weighted by atomic mass is 16.5. The number of rotatable bonds is 8. The summed E-state index contributed by atoms with van der Waals surface area (Å²) < 4.78 is 12.6. The molecule has 0 atom stereocenters. The van der Waals surface area contributed by atoms with Crippen molar-refractivity contribution in [2.75, 3.05) is 41.4 Å². The van der Waals surface area contributed by atoms with Gasteiger partial charge in [0.25, 0.3) is 5.91 Å². The number of nitrogens with zero attached hydrogens (tertiary/aromatic N) is 2. The summed E-state index contributed by atoms with van der Waals surface area (Å²) in [7, 11) is 7.33. The largest absolute Gasteiger partial charge is 0.497 e. The molecular weight excluding hydrogens is 392 g/mol. The van der Waals surface area contributed by atoms with Crippen molar-refractivity contribution in [1.82, 2.24) is 15.1 Å². The van der Waals surface area contributed by atoms with Gasteiger partial charge in [0.1, 0.15) is 17.2 Å². The normalized spacial score (nSPS) is 10.9. The lowest BCUT2D eigenvalue weighted by atomic mass is 10.1. The van der Waals surface area contributed by atoms with Gasteiger partial charge in [-0.3, -0.25) is 4.79 Å². The van der Waals surface area contributed by atoms with Crippen molar-refractivity contribution in [3.8, 4) is 28.4 Å². The molecule has 0 spiro atoms. The molecule has 2 N–H and O–H groups in total. The summed E-state index contributed by atoms with van der Waals surface area (Å²) in [5, 5.41) is 7.81. The van der Waals surface area contributed by atoms with Gasteiger partial charge in [-0.05, 0) is 43.7 Å². The van der Waals surface area contributed by atoms with Crippen LogP contribution in [0.15, 0.2) is 42.5 Å². The summed E-state index contributed by atoms with van der Waals surface area (Å²) in [5.74, 6) is 1.17. The molecule has 0 aliphatic carbocycles. The molecule has 31 heavy (non-hydrogen) atoms. The van der Waals surface area contributed by atoms with Crippen LogP contribution in [0.25, 0.3) is 16.9 Å². The van der Waals surface area contributed by atoms with Crippen molar-refractivity contribution in [3.63, 3.8) is 0 Å². The Bertz CT molecular complexity index is 1070. The summed E-state index contributed by atoms with van der Waals surface area (Å²) in [6.07, 6.45) is 0. The number of amides is 1. The second-order valence-electron chi connectivity index (χ2n) is 7.90. The Morgan fingerprint density at radius 1 is 1.06 bits per heavy atom. The second-order valence-corrected chi connectivity index (χ2v) is 7.90. The first-order valence-electron chi connectivity index (χ1n) is 10.3. The third-order valence-electron chi connectivity index (χ3n) is 5.12. The third-order valence-corrected chi connectivity index (χ3v) is 5.12. The van der Waals surface area contributed by atoms with Crippen LogP contribution >= 0.6 is 0 Å². The van der Waals surface area contributed by atoms with Crippen LogP contribution in [0.4, 0.5) is 0 Å². The standard InChI is InChI=1S/C24H30N4O3/c1-16-7-10-21(17(2)13-16)28-22(24(29)25-11-12-27(3)4)15-20(26-28)19-9-8-18(30-5)14-23(19)31-6/h7-10,13-15H,11-12H2,1-6H3,(H,25,29)/p+1. The van der Waals surface area contributed by atoms with E-state index in [0.717, 1.165) is 28.9 Å². The van der Waals surface area contributed by atoms with Gasteiger partial charge in [0, 0.05) is 11.6 Å². The van der Waals surface area contributed by atoms with Crippen LogP contribution in [0.3, 0.4) is 0 Å². The van der Waals surface area contributed by atoms with Crippen LogP contribution in [0, 0.1) is 13.8 Å². The molecule has 1 amide bonds. The van der Waals surface area contributed by atoms with Gasteiger partial charge in [-0.15, -0.1) is 0 Å². The highest BCUT2D eigenvalue weighted by Crippen LogP contribution is 2.33. The molecule has 7 heteroatoms. The number of hydrogen-bond acceptors (Lipinski definition) is 4. The van der Waals surface area contributed by atoms with E-state index >= 15 is 0 Å². The monoisotopic (exact) mass is 423 g/mol. The molecule has 0 fully saturated rings. The number of likely N-dealkylation sites (N-methyl/N-ethyl adjacent to an activating group) is 1. The van der Waals surface area contributed by atoms with Gasteiger partial charge in [-0.1, -0.05) is 17.7 Å². The molecule has 0 unspecified atom stereocenters. The molecule has 0 aliphatic heterocycles. The van der Waals surface area contributed by atoms with E-state index in [1.165, 1.54) is 4.90 Å². The smallest absolute Gasteiger partial charge is 0.270 e. The van der Waals surface area contributed by atoms with Crippen molar-refractivity contribution >= 4 is 5.91 Å². The molecule has 2 aromatic carbocycles. The lowest BCUT2D eigenvalue weighted by Crippen LogP contribution is -3.06. The molecule has 1 aromatic heterocycles. The molecule has 0 saturated carbocycles. The fourth-order valence-corrected chi connectivity index (χ4v) is 3.43. The Hall–Kier alpha value is -3.32. The predicted molar refractivity (Wildman–Crippen MR) is 122 cm³/mol. The van der Waals surface area contributed by atoms with Gasteiger partial charge < -0.3 is 19.7 Å². The number of benzene rings is 2. The minimum Gasteiger partial charge on any atom is -0.497 e. The SMILES string of the molecule is COc1ccc(-c2cc(C(=O)NCC[NH+](C)C)n(-c3ccc(C)cc3C)n2)c(OC)c1. The molecular formula is C24H31N4O3+. The Kier molecular flexibility index (Phi) is 6.97. The van der Waals surface area contributed by atoms with E-state index < -0.39 is 0 Å². The lowest BCUT2D eigenvalue weighted by molar-refractivity contribution is -0.856. The van der Waals surface area contributed by atoms with Crippen molar-refractivity contribution in [3.05, 3.63) is 59.3 Å². The zero-order valence-corrected chi connectivity index (χ0v) is 19.1. The van der Waals surface area contributed by atoms with Gasteiger partial charge in [0.15, 0.2) is 0 Å². The Morgan fingerprint density at radius 3 is 2.48 bits per heavy atom. The van der Waals surface area contributed by atoms with Crippen LogP contribution in [0.1, 0.15) is 21.6 Å². The second kappa shape index (κ2) is 9.66. The maximum Gasteiger partial charge on any atom is 0.270 e. The fourth-order valence-electron chi connectivity index (χ4n) is 3.43. The maximum atomic E-state index is 13.1. The first-order valence-corrected chi connectivity index (χ1v) is 10.3.